The molecule has 0 saturated heterocycles. The van der Waals surface area contributed by atoms with Gasteiger partial charge in [-0.1, -0.05) is 35.5 Å². The summed E-state index contributed by atoms with van der Waals surface area (Å²) in [5, 5.41) is 15.6. The first kappa shape index (κ1) is 31.6. The van der Waals surface area contributed by atoms with Crippen molar-refractivity contribution in [3.8, 4) is 22.8 Å². The lowest BCUT2D eigenvalue weighted by Gasteiger charge is -2.21. The molecule has 6 rings (SSSR count). The van der Waals surface area contributed by atoms with Gasteiger partial charge in [0.05, 0.1) is 31.0 Å². The third-order valence-electron chi connectivity index (χ3n) is 7.88. The molecule has 242 valence electrons. The molecular weight excluding hydrogens is 602 g/mol. The molecule has 0 saturated carbocycles. The van der Waals surface area contributed by atoms with E-state index >= 15 is 0 Å². The topological polar surface area (TPSA) is 152 Å². The van der Waals surface area contributed by atoms with Crippen LogP contribution < -0.4 is 20.1 Å². The molecule has 0 aliphatic carbocycles. The fourth-order valence-electron chi connectivity index (χ4n) is 5.52. The van der Waals surface area contributed by atoms with Crippen LogP contribution >= 0.6 is 0 Å². The van der Waals surface area contributed by atoms with Gasteiger partial charge in [-0.05, 0) is 42.7 Å². The van der Waals surface area contributed by atoms with Crippen LogP contribution in [0.3, 0.4) is 0 Å². The fraction of sp³-hybridized carbons (Fsp3) is 0.294. The van der Waals surface area contributed by atoms with Crippen molar-refractivity contribution in [2.24, 2.45) is 0 Å². The first-order chi connectivity index (χ1) is 23.1. The van der Waals surface area contributed by atoms with Crippen LogP contribution in [-0.2, 0) is 20.7 Å². The smallest absolute Gasteiger partial charge is 0.275 e. The Kier molecular flexibility index (Phi) is 9.94. The Morgan fingerprint density at radius 2 is 1.77 bits per heavy atom. The van der Waals surface area contributed by atoms with Crippen LogP contribution in [-0.4, -0.2) is 83.8 Å². The van der Waals surface area contributed by atoms with Crippen LogP contribution in [0, 0.1) is 0 Å². The number of rotatable bonds is 13. The van der Waals surface area contributed by atoms with Gasteiger partial charge in [0, 0.05) is 42.6 Å². The van der Waals surface area contributed by atoms with E-state index in [4.69, 9.17) is 18.9 Å². The number of aromatic nitrogens is 5. The minimum absolute atomic E-state index is 0.174. The third-order valence-corrected chi connectivity index (χ3v) is 7.88. The van der Waals surface area contributed by atoms with E-state index in [2.05, 4.69) is 37.0 Å². The van der Waals surface area contributed by atoms with E-state index in [9.17, 15) is 9.59 Å². The molecule has 2 atom stereocenters. The number of aldehydes is 1. The number of para-hydroxylation sites is 1. The second-order valence-corrected chi connectivity index (χ2v) is 10.9. The van der Waals surface area contributed by atoms with Gasteiger partial charge in [0.1, 0.15) is 43.3 Å². The Balaban J connectivity index is 1.21. The number of aryl methyl sites for hydroxylation is 1. The number of fused-ring (bicyclic) bond motifs is 2. The number of carbonyl (C=O) groups is 2. The van der Waals surface area contributed by atoms with E-state index in [1.807, 2.05) is 42.6 Å². The summed E-state index contributed by atoms with van der Waals surface area (Å²) in [5.74, 6) is 0.483. The molecule has 13 nitrogen and oxygen atoms in total. The Morgan fingerprint density at radius 1 is 0.979 bits per heavy atom. The first-order valence-electron chi connectivity index (χ1n) is 15.2. The van der Waals surface area contributed by atoms with Gasteiger partial charge in [0.25, 0.3) is 5.91 Å². The Labute approximate surface area is 271 Å². The predicted octanol–water partition coefficient (Wildman–Crippen LogP) is 4.36. The summed E-state index contributed by atoms with van der Waals surface area (Å²) >= 11 is 0. The van der Waals surface area contributed by atoms with Crippen molar-refractivity contribution in [1.29, 1.82) is 0 Å². The Bertz CT molecular complexity index is 1860. The summed E-state index contributed by atoms with van der Waals surface area (Å²) in [5.41, 5.74) is 4.72. The number of hydrogen-bond acceptors (Lipinski definition) is 11. The maximum absolute atomic E-state index is 13.6. The number of carbonyl (C=O) groups excluding carboxylic acids is 2. The quantitative estimate of drug-likeness (QED) is 0.140. The molecule has 5 aromatic rings. The number of anilines is 2. The zero-order valence-electron chi connectivity index (χ0n) is 26.1. The van der Waals surface area contributed by atoms with E-state index in [0.717, 1.165) is 35.9 Å². The second kappa shape index (κ2) is 14.8. The lowest BCUT2D eigenvalue weighted by Crippen LogP contribution is -2.32. The summed E-state index contributed by atoms with van der Waals surface area (Å²) in [4.78, 5) is 34.3. The van der Waals surface area contributed by atoms with Crippen LogP contribution in [0.1, 0.15) is 28.5 Å². The maximum atomic E-state index is 13.6. The zero-order valence-corrected chi connectivity index (χ0v) is 26.1. The van der Waals surface area contributed by atoms with Crippen molar-refractivity contribution in [3.05, 3.63) is 84.4 Å². The Hall–Kier alpha value is -5.40. The molecule has 3 heterocycles. The lowest BCUT2D eigenvalue weighted by atomic mass is 10.0. The summed E-state index contributed by atoms with van der Waals surface area (Å²) in [6, 6.07) is 18.0. The summed E-state index contributed by atoms with van der Waals surface area (Å²) < 4.78 is 23.7. The largest absolute Gasteiger partial charge is 0.487 e. The summed E-state index contributed by atoms with van der Waals surface area (Å²) in [6.07, 6.45) is 5.61. The minimum Gasteiger partial charge on any atom is -0.487 e. The number of benzene rings is 3. The van der Waals surface area contributed by atoms with Gasteiger partial charge in [0.2, 0.25) is 0 Å². The van der Waals surface area contributed by atoms with Gasteiger partial charge in [0.15, 0.2) is 11.5 Å². The highest BCUT2D eigenvalue weighted by Gasteiger charge is 2.28. The number of hydrogen-bond donors (Lipinski definition) is 2. The molecular formula is C34H35N7O6. The van der Waals surface area contributed by atoms with Gasteiger partial charge in [-0.3, -0.25) is 4.79 Å². The normalized spacial score (nSPS) is 15.7. The average molecular weight is 638 g/mol. The molecule has 0 unspecified atom stereocenters. The van der Waals surface area contributed by atoms with Gasteiger partial charge < -0.3 is 34.4 Å². The van der Waals surface area contributed by atoms with Crippen molar-refractivity contribution >= 4 is 34.5 Å². The molecule has 1 aliphatic rings. The SMILES string of the molecule is COCCOc1cc2ncnc(C(=O)Nc3cccc(-c4cn([C@@H]5CCc6ccccc6N[C@H]5C=O)nn4)c3)c2cc1OCCOC. The second-order valence-electron chi connectivity index (χ2n) is 10.9. The van der Waals surface area contributed by atoms with E-state index in [1.165, 1.54) is 6.33 Å². The van der Waals surface area contributed by atoms with Crippen molar-refractivity contribution < 1.29 is 28.5 Å². The van der Waals surface area contributed by atoms with Gasteiger partial charge in [-0.25, -0.2) is 14.6 Å². The molecule has 1 aliphatic heterocycles. The molecule has 3 aromatic carbocycles. The van der Waals surface area contributed by atoms with Crippen LogP contribution in [0.25, 0.3) is 22.2 Å². The van der Waals surface area contributed by atoms with Crippen molar-refractivity contribution in [2.45, 2.75) is 24.9 Å². The monoisotopic (exact) mass is 637 g/mol. The molecule has 2 N–H and O–H groups in total. The lowest BCUT2D eigenvalue weighted by molar-refractivity contribution is -0.109. The Morgan fingerprint density at radius 3 is 2.55 bits per heavy atom. The van der Waals surface area contributed by atoms with E-state index in [1.54, 1.807) is 37.1 Å². The number of nitrogens with one attached hydrogen (secondary N) is 2. The standard InChI is InChI=1S/C34H35N7O6/c1-44-12-14-46-31-17-25-27(18-32(31)47-15-13-45-2)35-21-36-33(25)34(43)37-24-8-5-7-23(16-24)28-19-41(40-39-28)30-11-10-22-6-3-4-9-26(22)38-29(30)20-42/h3-9,16-21,29-30,38H,10-15H2,1-2H3,(H,37,43)/t29-,30+/m0/s1. The van der Waals surface area contributed by atoms with Crippen molar-refractivity contribution in [2.75, 3.05) is 51.3 Å². The molecule has 2 aromatic heterocycles. The fourth-order valence-corrected chi connectivity index (χ4v) is 5.52. The van der Waals surface area contributed by atoms with Gasteiger partial charge in [-0.15, -0.1) is 5.10 Å². The third kappa shape index (κ3) is 7.21. The summed E-state index contributed by atoms with van der Waals surface area (Å²) in [6.45, 7) is 1.38. The van der Waals surface area contributed by atoms with Crippen LogP contribution in [0.5, 0.6) is 11.5 Å². The highest BCUT2D eigenvalue weighted by molar-refractivity contribution is 6.11. The molecule has 47 heavy (non-hydrogen) atoms. The predicted molar refractivity (Wildman–Crippen MR) is 175 cm³/mol. The van der Waals surface area contributed by atoms with E-state index < -0.39 is 11.9 Å². The van der Waals surface area contributed by atoms with Crippen molar-refractivity contribution in [1.82, 2.24) is 25.0 Å². The highest BCUT2D eigenvalue weighted by atomic mass is 16.5. The maximum Gasteiger partial charge on any atom is 0.275 e. The number of nitrogens with zero attached hydrogens (tertiary/aromatic N) is 5. The number of methoxy groups -OCH3 is 2. The molecule has 0 radical (unpaired) electrons. The molecule has 0 bridgehead atoms. The van der Waals surface area contributed by atoms with Crippen LogP contribution in [0.2, 0.25) is 0 Å². The molecule has 0 fully saturated rings. The van der Waals surface area contributed by atoms with Crippen molar-refractivity contribution in [3.63, 3.8) is 0 Å². The van der Waals surface area contributed by atoms with Crippen LogP contribution in [0.4, 0.5) is 11.4 Å². The van der Waals surface area contributed by atoms with Crippen LogP contribution in [0.15, 0.2) is 73.2 Å². The summed E-state index contributed by atoms with van der Waals surface area (Å²) in [7, 11) is 3.18. The zero-order chi connectivity index (χ0) is 32.6. The molecule has 13 heteroatoms. The minimum atomic E-state index is -0.458. The average Bonchev–Trinajstić information content (AvgIpc) is 3.50. The molecule has 1 amide bonds. The highest BCUT2D eigenvalue weighted by Crippen LogP contribution is 2.34. The number of ether oxygens (including phenoxy) is 4. The first-order valence-corrected chi connectivity index (χ1v) is 15.2. The van der Waals surface area contributed by atoms with E-state index in [-0.39, 0.29) is 18.3 Å². The number of amides is 1. The van der Waals surface area contributed by atoms with E-state index in [0.29, 0.717) is 53.6 Å². The molecule has 0 spiro atoms. The van der Waals surface area contributed by atoms with Gasteiger partial charge >= 0.3 is 0 Å². The van der Waals surface area contributed by atoms with Gasteiger partial charge in [-0.2, -0.15) is 0 Å².